The molecule has 0 aliphatic heterocycles. The number of anilines is 1. The van der Waals surface area contributed by atoms with E-state index in [0.29, 0.717) is 5.56 Å². The summed E-state index contributed by atoms with van der Waals surface area (Å²) in [4.78, 5) is 10.4. The molecule has 96 valence electrons. The molecule has 0 atom stereocenters. The van der Waals surface area contributed by atoms with Crippen molar-refractivity contribution >= 4 is 17.6 Å². The molecule has 2 rings (SSSR count). The smallest absolute Gasteiger partial charge is 0.278 e. The summed E-state index contributed by atoms with van der Waals surface area (Å²) in [6.07, 6.45) is 1.45. The summed E-state index contributed by atoms with van der Waals surface area (Å²) in [6, 6.07) is 14.2. The minimum Gasteiger partial charge on any atom is -0.278 e. The summed E-state index contributed by atoms with van der Waals surface area (Å²) in [6.45, 7) is 1.96. The summed E-state index contributed by atoms with van der Waals surface area (Å²) in [7, 11) is 0. The Balaban J connectivity index is 2.16. The SMILES string of the molecule is Cc1ccccc1N/N=C/c1ccccc1[N+](=O)[O-]. The molecule has 0 saturated carbocycles. The van der Waals surface area contributed by atoms with Gasteiger partial charge < -0.3 is 0 Å². The predicted octanol–water partition coefficient (Wildman–Crippen LogP) is 3.35. The monoisotopic (exact) mass is 255 g/mol. The van der Waals surface area contributed by atoms with Crippen LogP contribution in [0.5, 0.6) is 0 Å². The second-order valence-corrected chi connectivity index (χ2v) is 4.00. The van der Waals surface area contributed by atoms with Crippen molar-refractivity contribution < 1.29 is 4.92 Å². The highest BCUT2D eigenvalue weighted by Crippen LogP contribution is 2.16. The third-order valence-electron chi connectivity index (χ3n) is 2.67. The molecule has 19 heavy (non-hydrogen) atoms. The van der Waals surface area contributed by atoms with Crippen LogP contribution < -0.4 is 5.43 Å². The van der Waals surface area contributed by atoms with Gasteiger partial charge in [0, 0.05) is 6.07 Å². The lowest BCUT2D eigenvalue weighted by molar-refractivity contribution is -0.385. The van der Waals surface area contributed by atoms with E-state index in [1.807, 2.05) is 31.2 Å². The van der Waals surface area contributed by atoms with Crippen molar-refractivity contribution in [2.75, 3.05) is 5.43 Å². The van der Waals surface area contributed by atoms with Crippen LogP contribution in [0.2, 0.25) is 0 Å². The Kier molecular flexibility index (Phi) is 3.87. The van der Waals surface area contributed by atoms with E-state index in [2.05, 4.69) is 10.5 Å². The summed E-state index contributed by atoms with van der Waals surface area (Å²) >= 11 is 0. The molecule has 0 fully saturated rings. The van der Waals surface area contributed by atoms with Crippen LogP contribution in [0.15, 0.2) is 53.6 Å². The van der Waals surface area contributed by atoms with Crippen LogP contribution in [0.4, 0.5) is 11.4 Å². The maximum Gasteiger partial charge on any atom is 0.278 e. The summed E-state index contributed by atoms with van der Waals surface area (Å²) in [5.41, 5.74) is 5.31. The zero-order chi connectivity index (χ0) is 13.7. The number of nitro groups is 1. The van der Waals surface area contributed by atoms with E-state index in [1.165, 1.54) is 12.3 Å². The molecule has 2 aromatic rings. The van der Waals surface area contributed by atoms with Gasteiger partial charge >= 0.3 is 0 Å². The van der Waals surface area contributed by atoms with Crippen LogP contribution in [0, 0.1) is 17.0 Å². The Morgan fingerprint density at radius 2 is 1.84 bits per heavy atom. The average molecular weight is 255 g/mol. The number of nitrogens with one attached hydrogen (secondary N) is 1. The van der Waals surface area contributed by atoms with E-state index in [0.717, 1.165) is 11.3 Å². The molecule has 0 saturated heterocycles. The molecule has 1 N–H and O–H groups in total. The van der Waals surface area contributed by atoms with Crippen LogP contribution in [0.1, 0.15) is 11.1 Å². The molecule has 0 amide bonds. The average Bonchev–Trinajstić information content (AvgIpc) is 2.41. The third-order valence-corrected chi connectivity index (χ3v) is 2.67. The Hall–Kier alpha value is -2.69. The van der Waals surface area contributed by atoms with Gasteiger partial charge in [-0.2, -0.15) is 5.10 Å². The van der Waals surface area contributed by atoms with Gasteiger partial charge in [0.05, 0.1) is 22.4 Å². The van der Waals surface area contributed by atoms with Gasteiger partial charge in [-0.1, -0.05) is 30.3 Å². The topological polar surface area (TPSA) is 67.5 Å². The number of aryl methyl sites for hydroxylation is 1. The fourth-order valence-corrected chi connectivity index (χ4v) is 1.63. The van der Waals surface area contributed by atoms with Gasteiger partial charge in [0.1, 0.15) is 0 Å². The fraction of sp³-hybridized carbons (Fsp3) is 0.0714. The first-order valence-corrected chi connectivity index (χ1v) is 5.76. The molecule has 0 unspecified atom stereocenters. The van der Waals surface area contributed by atoms with Gasteiger partial charge in [0.25, 0.3) is 5.69 Å². The van der Waals surface area contributed by atoms with Crippen molar-refractivity contribution in [1.82, 2.24) is 0 Å². The summed E-state index contributed by atoms with van der Waals surface area (Å²) in [5, 5.41) is 14.9. The molecular weight excluding hydrogens is 242 g/mol. The maximum atomic E-state index is 10.8. The number of hydrogen-bond acceptors (Lipinski definition) is 4. The number of nitro benzene ring substituents is 1. The zero-order valence-electron chi connectivity index (χ0n) is 10.4. The molecule has 0 aliphatic carbocycles. The van der Waals surface area contributed by atoms with Gasteiger partial charge in [-0.05, 0) is 24.6 Å². The van der Waals surface area contributed by atoms with Crippen molar-refractivity contribution in [3.63, 3.8) is 0 Å². The Bertz CT molecular complexity index is 624. The number of rotatable bonds is 4. The number of hydrogen-bond donors (Lipinski definition) is 1. The lowest BCUT2D eigenvalue weighted by Gasteiger charge is -2.03. The molecule has 0 spiro atoms. The van der Waals surface area contributed by atoms with Crippen molar-refractivity contribution in [2.45, 2.75) is 6.92 Å². The van der Waals surface area contributed by atoms with E-state index in [9.17, 15) is 10.1 Å². The number of nitrogens with zero attached hydrogens (tertiary/aromatic N) is 2. The minimum atomic E-state index is -0.422. The van der Waals surface area contributed by atoms with E-state index in [-0.39, 0.29) is 5.69 Å². The maximum absolute atomic E-state index is 10.8. The Morgan fingerprint density at radius 1 is 1.16 bits per heavy atom. The number of hydrazone groups is 1. The molecule has 0 aromatic heterocycles. The van der Waals surface area contributed by atoms with E-state index < -0.39 is 4.92 Å². The Morgan fingerprint density at radius 3 is 2.58 bits per heavy atom. The Labute approximate surface area is 110 Å². The van der Waals surface area contributed by atoms with Gasteiger partial charge in [-0.15, -0.1) is 0 Å². The molecule has 2 aromatic carbocycles. The molecule has 0 bridgehead atoms. The quantitative estimate of drug-likeness (QED) is 0.517. The summed E-state index contributed by atoms with van der Waals surface area (Å²) in [5.74, 6) is 0. The van der Waals surface area contributed by atoms with Crippen molar-refractivity contribution in [3.05, 3.63) is 69.8 Å². The molecule has 0 aliphatic rings. The second kappa shape index (κ2) is 5.77. The second-order valence-electron chi connectivity index (χ2n) is 4.00. The first-order valence-electron chi connectivity index (χ1n) is 5.76. The minimum absolute atomic E-state index is 0.0397. The predicted molar refractivity (Wildman–Crippen MR) is 75.5 cm³/mol. The fourth-order valence-electron chi connectivity index (χ4n) is 1.63. The first-order chi connectivity index (χ1) is 9.18. The highest BCUT2D eigenvalue weighted by Gasteiger charge is 2.09. The highest BCUT2D eigenvalue weighted by molar-refractivity contribution is 5.85. The van der Waals surface area contributed by atoms with E-state index in [4.69, 9.17) is 0 Å². The number of benzene rings is 2. The van der Waals surface area contributed by atoms with E-state index in [1.54, 1.807) is 18.2 Å². The number of para-hydroxylation sites is 2. The van der Waals surface area contributed by atoms with Crippen LogP contribution in [-0.4, -0.2) is 11.1 Å². The van der Waals surface area contributed by atoms with Crippen LogP contribution in [-0.2, 0) is 0 Å². The summed E-state index contributed by atoms with van der Waals surface area (Å²) < 4.78 is 0. The van der Waals surface area contributed by atoms with Crippen LogP contribution in [0.25, 0.3) is 0 Å². The van der Waals surface area contributed by atoms with Crippen molar-refractivity contribution in [2.24, 2.45) is 5.10 Å². The van der Waals surface area contributed by atoms with E-state index >= 15 is 0 Å². The lowest BCUT2D eigenvalue weighted by Crippen LogP contribution is -1.96. The molecule has 0 heterocycles. The van der Waals surface area contributed by atoms with Crippen molar-refractivity contribution in [1.29, 1.82) is 0 Å². The first kappa shape index (κ1) is 12.8. The molecule has 5 heteroatoms. The van der Waals surface area contributed by atoms with Gasteiger partial charge in [0.2, 0.25) is 0 Å². The molecule has 0 radical (unpaired) electrons. The molecular formula is C14H13N3O2. The van der Waals surface area contributed by atoms with Gasteiger partial charge in [0.15, 0.2) is 0 Å². The highest BCUT2D eigenvalue weighted by atomic mass is 16.6. The third kappa shape index (κ3) is 3.16. The van der Waals surface area contributed by atoms with Crippen LogP contribution in [0.3, 0.4) is 0 Å². The lowest BCUT2D eigenvalue weighted by atomic mass is 10.2. The zero-order valence-corrected chi connectivity index (χ0v) is 10.4. The van der Waals surface area contributed by atoms with Crippen LogP contribution >= 0.6 is 0 Å². The largest absolute Gasteiger partial charge is 0.278 e. The van der Waals surface area contributed by atoms with Gasteiger partial charge in [-0.3, -0.25) is 15.5 Å². The van der Waals surface area contributed by atoms with Crippen molar-refractivity contribution in [3.8, 4) is 0 Å². The normalized spacial score (nSPS) is 10.6. The standard InChI is InChI=1S/C14H13N3O2/c1-11-6-2-4-8-13(11)16-15-10-12-7-3-5-9-14(12)17(18)19/h2-10,16H,1H3/b15-10+. The molecule has 5 nitrogen and oxygen atoms in total. The van der Waals surface area contributed by atoms with Gasteiger partial charge in [-0.25, -0.2) is 0 Å².